The highest BCUT2D eigenvalue weighted by molar-refractivity contribution is 9.10. The molecule has 2 aromatic carbocycles. The Morgan fingerprint density at radius 2 is 1.84 bits per heavy atom. The number of hydrogen-bond acceptors (Lipinski definition) is 6. The van der Waals surface area contributed by atoms with E-state index in [0.29, 0.717) is 22.7 Å². The molecule has 0 radical (unpaired) electrons. The Morgan fingerprint density at radius 3 is 2.64 bits per heavy atom. The Bertz CT molecular complexity index is 1130. The molecule has 0 spiro atoms. The van der Waals surface area contributed by atoms with E-state index in [2.05, 4.69) is 25.9 Å². The van der Waals surface area contributed by atoms with E-state index in [1.54, 1.807) is 37.4 Å². The number of halogens is 1. The largest absolute Gasteiger partial charge is 0.497 e. The third-order valence-electron chi connectivity index (χ3n) is 3.59. The summed E-state index contributed by atoms with van der Waals surface area (Å²) in [4.78, 5) is 19.6. The summed E-state index contributed by atoms with van der Waals surface area (Å²) in [6.07, 6.45) is 0. The van der Waals surface area contributed by atoms with E-state index in [4.69, 9.17) is 13.6 Å². The summed E-state index contributed by atoms with van der Waals surface area (Å²) in [5.74, 6) is 1.30. The number of rotatable bonds is 3. The van der Waals surface area contributed by atoms with E-state index >= 15 is 0 Å². The molecule has 0 aliphatic heterocycles. The van der Waals surface area contributed by atoms with Crippen LogP contribution in [-0.4, -0.2) is 17.1 Å². The van der Waals surface area contributed by atoms with Crippen LogP contribution in [0.5, 0.6) is 5.75 Å². The maximum Gasteiger partial charge on any atom is 0.373 e. The van der Waals surface area contributed by atoms with E-state index in [9.17, 15) is 4.79 Å². The Balaban J connectivity index is 1.84. The number of ether oxygens (including phenoxy) is 1. The highest BCUT2D eigenvalue weighted by Gasteiger charge is 2.15. The molecule has 0 atom stereocenters. The maximum absolute atomic E-state index is 11.9. The average molecular weight is 399 g/mol. The molecule has 0 amide bonds. The average Bonchev–Trinajstić information content (AvgIpc) is 3.04. The monoisotopic (exact) mass is 398 g/mol. The van der Waals surface area contributed by atoms with E-state index in [0.717, 1.165) is 9.86 Å². The molecule has 124 valence electrons. The smallest absolute Gasteiger partial charge is 0.373 e. The van der Waals surface area contributed by atoms with Crippen molar-refractivity contribution in [1.82, 2.24) is 9.97 Å². The number of aromatic nitrogens is 2. The zero-order chi connectivity index (χ0) is 17.4. The van der Waals surface area contributed by atoms with Crippen LogP contribution in [0.4, 0.5) is 0 Å². The molecule has 4 aromatic rings. The molecule has 2 heterocycles. The number of hydrogen-bond donors (Lipinski definition) is 0. The Morgan fingerprint density at radius 1 is 1.00 bits per heavy atom. The van der Waals surface area contributed by atoms with Gasteiger partial charge in [-0.25, -0.2) is 4.79 Å². The van der Waals surface area contributed by atoms with Gasteiger partial charge in [0, 0.05) is 15.4 Å². The SMILES string of the molecule is COc1ccc2oc(-c3nc(=O)nc(-c4cccc(Br)c4)o3)cc2c1. The van der Waals surface area contributed by atoms with Gasteiger partial charge in [-0.2, -0.15) is 9.97 Å². The normalized spacial score (nSPS) is 11.0. The topological polar surface area (TPSA) is 78.4 Å². The third kappa shape index (κ3) is 3.06. The van der Waals surface area contributed by atoms with Crippen LogP contribution in [0.2, 0.25) is 0 Å². The lowest BCUT2D eigenvalue weighted by atomic mass is 10.2. The maximum atomic E-state index is 11.9. The van der Waals surface area contributed by atoms with E-state index in [1.165, 1.54) is 0 Å². The number of fused-ring (bicyclic) bond motifs is 1. The van der Waals surface area contributed by atoms with Crippen LogP contribution in [-0.2, 0) is 0 Å². The van der Waals surface area contributed by atoms with Crippen LogP contribution in [0, 0.1) is 0 Å². The molecule has 7 heteroatoms. The van der Waals surface area contributed by atoms with E-state index < -0.39 is 5.69 Å². The van der Waals surface area contributed by atoms with Gasteiger partial charge in [-0.15, -0.1) is 0 Å². The molecular formula is C18H11BrN2O4. The standard InChI is InChI=1S/C18H11BrN2O4/c1-23-13-5-6-14-11(8-13)9-15(24-14)17-21-18(22)20-16(25-17)10-3-2-4-12(19)7-10/h2-9H,1H3. The quantitative estimate of drug-likeness (QED) is 0.512. The summed E-state index contributed by atoms with van der Waals surface area (Å²) in [5, 5.41) is 0.819. The van der Waals surface area contributed by atoms with Crippen molar-refractivity contribution >= 4 is 26.9 Å². The Hall–Kier alpha value is -2.93. The van der Waals surface area contributed by atoms with Gasteiger partial charge in [-0.1, -0.05) is 22.0 Å². The minimum atomic E-state index is -0.644. The van der Waals surface area contributed by atoms with Gasteiger partial charge in [0.25, 0.3) is 5.89 Å². The highest BCUT2D eigenvalue weighted by Crippen LogP contribution is 2.30. The van der Waals surface area contributed by atoms with Gasteiger partial charge in [0.1, 0.15) is 11.3 Å². The predicted molar refractivity (Wildman–Crippen MR) is 95.5 cm³/mol. The lowest BCUT2D eigenvalue weighted by Gasteiger charge is -2.01. The van der Waals surface area contributed by atoms with Crippen molar-refractivity contribution in [2.45, 2.75) is 0 Å². The highest BCUT2D eigenvalue weighted by atomic mass is 79.9. The molecule has 0 saturated heterocycles. The zero-order valence-electron chi connectivity index (χ0n) is 13.0. The molecule has 0 unspecified atom stereocenters. The van der Waals surface area contributed by atoms with Gasteiger partial charge >= 0.3 is 5.69 Å². The molecule has 0 saturated carbocycles. The molecule has 0 aliphatic rings. The van der Waals surface area contributed by atoms with Crippen molar-refractivity contribution in [3.05, 3.63) is 63.5 Å². The van der Waals surface area contributed by atoms with Gasteiger partial charge in [0.15, 0.2) is 5.76 Å². The fourth-order valence-corrected chi connectivity index (χ4v) is 2.84. The molecule has 0 bridgehead atoms. The first-order valence-corrected chi connectivity index (χ1v) is 8.15. The molecule has 0 N–H and O–H groups in total. The van der Waals surface area contributed by atoms with Crippen LogP contribution >= 0.6 is 15.9 Å². The lowest BCUT2D eigenvalue weighted by Crippen LogP contribution is -2.11. The van der Waals surface area contributed by atoms with Crippen molar-refractivity contribution in [2.24, 2.45) is 0 Å². The Labute approximate surface area is 150 Å². The summed E-state index contributed by atoms with van der Waals surface area (Å²) in [6, 6.07) is 14.4. The molecule has 4 rings (SSSR count). The predicted octanol–water partition coefficient (Wildman–Crippen LogP) is 4.28. The lowest BCUT2D eigenvalue weighted by molar-refractivity contribution is 0.415. The molecule has 25 heavy (non-hydrogen) atoms. The van der Waals surface area contributed by atoms with Crippen LogP contribution in [0.25, 0.3) is 34.1 Å². The van der Waals surface area contributed by atoms with Gasteiger partial charge in [0.05, 0.1) is 7.11 Å². The van der Waals surface area contributed by atoms with Gasteiger partial charge < -0.3 is 13.6 Å². The third-order valence-corrected chi connectivity index (χ3v) is 4.09. The molecule has 0 fully saturated rings. The first kappa shape index (κ1) is 15.6. The van der Waals surface area contributed by atoms with Crippen LogP contribution in [0.1, 0.15) is 0 Å². The second-order valence-electron chi connectivity index (χ2n) is 5.24. The van der Waals surface area contributed by atoms with Crippen molar-refractivity contribution in [3.63, 3.8) is 0 Å². The number of methoxy groups -OCH3 is 1. The molecule has 6 nitrogen and oxygen atoms in total. The number of benzene rings is 2. The summed E-state index contributed by atoms with van der Waals surface area (Å²) in [6.45, 7) is 0. The fourth-order valence-electron chi connectivity index (χ4n) is 2.44. The summed E-state index contributed by atoms with van der Waals surface area (Å²) >= 11 is 3.38. The van der Waals surface area contributed by atoms with Crippen LogP contribution < -0.4 is 10.4 Å². The van der Waals surface area contributed by atoms with Gasteiger partial charge in [-0.3, -0.25) is 0 Å². The van der Waals surface area contributed by atoms with Crippen LogP contribution in [0.3, 0.4) is 0 Å². The minimum Gasteiger partial charge on any atom is -0.497 e. The molecule has 0 aliphatic carbocycles. The van der Waals surface area contributed by atoms with Gasteiger partial charge in [0.2, 0.25) is 5.89 Å². The molecular weight excluding hydrogens is 388 g/mol. The fraction of sp³-hybridized carbons (Fsp3) is 0.0556. The zero-order valence-corrected chi connectivity index (χ0v) is 14.6. The van der Waals surface area contributed by atoms with Crippen molar-refractivity contribution in [1.29, 1.82) is 0 Å². The summed E-state index contributed by atoms with van der Waals surface area (Å²) in [7, 11) is 1.59. The summed E-state index contributed by atoms with van der Waals surface area (Å²) < 4.78 is 17.5. The Kier molecular flexibility index (Phi) is 3.85. The van der Waals surface area contributed by atoms with Crippen molar-refractivity contribution in [2.75, 3.05) is 7.11 Å². The number of furan rings is 1. The second kappa shape index (κ2) is 6.18. The number of nitrogens with zero attached hydrogens (tertiary/aromatic N) is 2. The van der Waals surface area contributed by atoms with E-state index in [1.807, 2.05) is 18.2 Å². The first-order chi connectivity index (χ1) is 12.1. The van der Waals surface area contributed by atoms with Crippen LogP contribution in [0.15, 0.2) is 66.6 Å². The van der Waals surface area contributed by atoms with Crippen molar-refractivity contribution < 1.29 is 13.6 Å². The minimum absolute atomic E-state index is 0.0742. The van der Waals surface area contributed by atoms with Gasteiger partial charge in [-0.05, 0) is 42.5 Å². The summed E-state index contributed by atoms with van der Waals surface area (Å²) in [5.41, 5.74) is 0.656. The van der Waals surface area contributed by atoms with Crippen molar-refractivity contribution in [3.8, 4) is 28.9 Å². The first-order valence-electron chi connectivity index (χ1n) is 7.35. The molecule has 2 aromatic heterocycles. The van der Waals surface area contributed by atoms with E-state index in [-0.39, 0.29) is 11.8 Å². The second-order valence-corrected chi connectivity index (χ2v) is 6.16.